The standard InChI is InChI=1S/C13H16Cl2O/c1-3-10(2)12(16)6-9-13(15)7-4-11(14)5-8-13/h3-5,7,10H,1,6,8-9H2,2H3. The minimum atomic E-state index is -0.449. The average molecular weight is 259 g/mol. The number of alkyl halides is 1. The van der Waals surface area contributed by atoms with Gasteiger partial charge in [0.15, 0.2) is 0 Å². The summed E-state index contributed by atoms with van der Waals surface area (Å²) in [5.74, 6) is 0.0936. The van der Waals surface area contributed by atoms with Crippen molar-refractivity contribution >= 4 is 29.0 Å². The Morgan fingerprint density at radius 1 is 1.75 bits per heavy atom. The number of carbonyl (C=O) groups excluding carboxylic acids is 1. The Morgan fingerprint density at radius 2 is 2.44 bits per heavy atom. The molecule has 1 aliphatic carbocycles. The lowest BCUT2D eigenvalue weighted by Gasteiger charge is -2.24. The van der Waals surface area contributed by atoms with Gasteiger partial charge in [-0.15, -0.1) is 18.2 Å². The van der Waals surface area contributed by atoms with Crippen molar-refractivity contribution in [2.24, 2.45) is 5.92 Å². The lowest BCUT2D eigenvalue weighted by atomic mass is 9.91. The van der Waals surface area contributed by atoms with Gasteiger partial charge in [-0.05, 0) is 18.9 Å². The molecule has 0 aliphatic heterocycles. The fourth-order valence-electron chi connectivity index (χ4n) is 1.51. The highest BCUT2D eigenvalue weighted by atomic mass is 35.5. The maximum atomic E-state index is 11.6. The molecule has 88 valence electrons. The third-order valence-electron chi connectivity index (χ3n) is 2.83. The minimum absolute atomic E-state index is 0.0908. The van der Waals surface area contributed by atoms with Crippen molar-refractivity contribution in [3.8, 4) is 0 Å². The van der Waals surface area contributed by atoms with E-state index in [1.807, 2.05) is 19.1 Å². The molecule has 0 bridgehead atoms. The van der Waals surface area contributed by atoms with Crippen molar-refractivity contribution in [1.29, 1.82) is 0 Å². The van der Waals surface area contributed by atoms with Crippen LogP contribution in [0, 0.1) is 5.92 Å². The Bertz CT molecular complexity index is 344. The molecule has 0 aromatic heterocycles. The summed E-state index contributed by atoms with van der Waals surface area (Å²) in [6.45, 7) is 5.46. The summed E-state index contributed by atoms with van der Waals surface area (Å²) < 4.78 is 0. The van der Waals surface area contributed by atoms with Gasteiger partial charge in [-0.2, -0.15) is 0 Å². The number of hydrogen-bond donors (Lipinski definition) is 0. The van der Waals surface area contributed by atoms with Crippen molar-refractivity contribution < 1.29 is 4.79 Å². The third-order valence-corrected chi connectivity index (χ3v) is 3.58. The van der Waals surface area contributed by atoms with Crippen LogP contribution in [0.4, 0.5) is 0 Å². The first-order valence-electron chi connectivity index (χ1n) is 5.36. The molecule has 1 nitrogen and oxygen atoms in total. The van der Waals surface area contributed by atoms with Gasteiger partial charge in [0, 0.05) is 17.4 Å². The number of allylic oxidation sites excluding steroid dienone is 5. The van der Waals surface area contributed by atoms with Crippen LogP contribution >= 0.6 is 23.2 Å². The SMILES string of the molecule is C=CC(C)C(=O)CCC1(Cl)C=CC(Cl)=CC1. The van der Waals surface area contributed by atoms with E-state index in [2.05, 4.69) is 6.58 Å². The highest BCUT2D eigenvalue weighted by Gasteiger charge is 2.26. The molecule has 0 radical (unpaired) electrons. The third kappa shape index (κ3) is 3.80. The van der Waals surface area contributed by atoms with Gasteiger partial charge >= 0.3 is 0 Å². The molecule has 0 aromatic carbocycles. The largest absolute Gasteiger partial charge is 0.299 e. The van der Waals surface area contributed by atoms with E-state index in [0.717, 1.165) is 0 Å². The normalized spacial score (nSPS) is 26.1. The van der Waals surface area contributed by atoms with E-state index in [1.165, 1.54) is 0 Å². The van der Waals surface area contributed by atoms with Crippen LogP contribution in [0.2, 0.25) is 0 Å². The molecule has 0 aromatic rings. The molecular formula is C13H16Cl2O. The van der Waals surface area contributed by atoms with Crippen LogP contribution in [0.15, 0.2) is 35.9 Å². The fraction of sp³-hybridized carbons (Fsp3) is 0.462. The highest BCUT2D eigenvalue weighted by molar-refractivity contribution is 6.32. The molecule has 0 heterocycles. The summed E-state index contributed by atoms with van der Waals surface area (Å²) in [6.07, 6.45) is 9.02. The summed E-state index contributed by atoms with van der Waals surface area (Å²) in [4.78, 5) is 11.2. The lowest BCUT2D eigenvalue weighted by molar-refractivity contribution is -0.121. The molecule has 16 heavy (non-hydrogen) atoms. The first-order valence-corrected chi connectivity index (χ1v) is 6.11. The van der Waals surface area contributed by atoms with Crippen molar-refractivity contribution in [1.82, 2.24) is 0 Å². The van der Waals surface area contributed by atoms with Gasteiger partial charge in [-0.3, -0.25) is 4.79 Å². The Hall–Kier alpha value is -0.530. The maximum absolute atomic E-state index is 11.6. The van der Waals surface area contributed by atoms with Crippen molar-refractivity contribution in [3.05, 3.63) is 35.9 Å². The summed E-state index contributed by atoms with van der Waals surface area (Å²) in [6, 6.07) is 0. The Balaban J connectivity index is 2.47. The smallest absolute Gasteiger partial charge is 0.139 e. The molecular weight excluding hydrogens is 243 g/mol. The van der Waals surface area contributed by atoms with E-state index in [0.29, 0.717) is 24.3 Å². The number of hydrogen-bond acceptors (Lipinski definition) is 1. The van der Waals surface area contributed by atoms with Gasteiger partial charge in [0.25, 0.3) is 0 Å². The van der Waals surface area contributed by atoms with E-state index in [1.54, 1.807) is 12.2 Å². The number of ketones is 1. The quantitative estimate of drug-likeness (QED) is 0.533. The second-order valence-electron chi connectivity index (χ2n) is 4.15. The highest BCUT2D eigenvalue weighted by Crippen LogP contribution is 2.33. The van der Waals surface area contributed by atoms with Crippen molar-refractivity contribution in [2.45, 2.75) is 31.1 Å². The molecule has 0 saturated carbocycles. The molecule has 3 heteroatoms. The monoisotopic (exact) mass is 258 g/mol. The van der Waals surface area contributed by atoms with Crippen LogP contribution in [-0.2, 0) is 4.79 Å². The molecule has 0 N–H and O–H groups in total. The Labute approximate surface area is 107 Å². The zero-order valence-electron chi connectivity index (χ0n) is 9.38. The zero-order chi connectivity index (χ0) is 12.2. The van der Waals surface area contributed by atoms with Crippen LogP contribution in [0.5, 0.6) is 0 Å². The Morgan fingerprint density at radius 3 is 2.94 bits per heavy atom. The first-order chi connectivity index (χ1) is 7.47. The number of halogens is 2. The van der Waals surface area contributed by atoms with Crippen LogP contribution in [0.3, 0.4) is 0 Å². The molecule has 0 fully saturated rings. The Kier molecular flexibility index (Phi) is 4.82. The summed E-state index contributed by atoms with van der Waals surface area (Å²) in [7, 11) is 0. The van der Waals surface area contributed by atoms with E-state index in [4.69, 9.17) is 23.2 Å². The van der Waals surface area contributed by atoms with Crippen LogP contribution in [0.25, 0.3) is 0 Å². The van der Waals surface area contributed by atoms with Crippen molar-refractivity contribution in [3.63, 3.8) is 0 Å². The van der Waals surface area contributed by atoms with Gasteiger partial charge in [0.1, 0.15) is 5.78 Å². The molecule has 0 spiro atoms. The van der Waals surface area contributed by atoms with Gasteiger partial charge in [-0.1, -0.05) is 36.8 Å². The van der Waals surface area contributed by atoms with Gasteiger partial charge in [0.2, 0.25) is 0 Å². The first kappa shape index (κ1) is 13.5. The predicted octanol–water partition coefficient (Wildman–Crippen LogP) is 4.22. The zero-order valence-corrected chi connectivity index (χ0v) is 10.9. The van der Waals surface area contributed by atoms with Crippen LogP contribution < -0.4 is 0 Å². The van der Waals surface area contributed by atoms with Crippen molar-refractivity contribution in [2.75, 3.05) is 0 Å². The van der Waals surface area contributed by atoms with Gasteiger partial charge < -0.3 is 0 Å². The molecule has 2 atom stereocenters. The number of rotatable bonds is 5. The predicted molar refractivity (Wildman–Crippen MR) is 69.9 cm³/mol. The van der Waals surface area contributed by atoms with Gasteiger partial charge in [0.05, 0.1) is 4.87 Å². The second-order valence-corrected chi connectivity index (χ2v) is 5.34. The lowest BCUT2D eigenvalue weighted by Crippen LogP contribution is -2.22. The summed E-state index contributed by atoms with van der Waals surface area (Å²) in [5, 5.41) is 0.710. The van der Waals surface area contributed by atoms with E-state index in [9.17, 15) is 4.79 Å². The summed E-state index contributed by atoms with van der Waals surface area (Å²) >= 11 is 12.2. The van der Waals surface area contributed by atoms with Gasteiger partial charge in [-0.25, -0.2) is 0 Å². The van der Waals surface area contributed by atoms with E-state index in [-0.39, 0.29) is 11.7 Å². The molecule has 0 amide bonds. The molecule has 1 rings (SSSR count). The molecule has 1 aliphatic rings. The topological polar surface area (TPSA) is 17.1 Å². The molecule has 0 saturated heterocycles. The van der Waals surface area contributed by atoms with Crippen LogP contribution in [-0.4, -0.2) is 10.7 Å². The number of carbonyl (C=O) groups is 1. The fourth-order valence-corrected chi connectivity index (χ4v) is 1.88. The van der Waals surface area contributed by atoms with E-state index >= 15 is 0 Å². The number of Topliss-reactive ketones (excluding diaryl/α,β-unsaturated/α-hetero) is 1. The van der Waals surface area contributed by atoms with Crippen LogP contribution in [0.1, 0.15) is 26.2 Å². The summed E-state index contributed by atoms with van der Waals surface area (Å²) in [5.41, 5.74) is 0. The maximum Gasteiger partial charge on any atom is 0.139 e. The second kappa shape index (κ2) is 5.70. The average Bonchev–Trinajstić information content (AvgIpc) is 2.29. The van der Waals surface area contributed by atoms with E-state index < -0.39 is 4.87 Å². The minimum Gasteiger partial charge on any atom is -0.299 e. The molecule has 2 unspecified atom stereocenters.